The van der Waals surface area contributed by atoms with E-state index in [-0.39, 0.29) is 6.61 Å². The van der Waals surface area contributed by atoms with Crippen molar-refractivity contribution in [1.82, 2.24) is 4.98 Å². The highest BCUT2D eigenvalue weighted by atomic mass is 35.5. The van der Waals surface area contributed by atoms with Gasteiger partial charge in [-0.1, -0.05) is 11.6 Å². The Bertz CT molecular complexity index is 908. The summed E-state index contributed by atoms with van der Waals surface area (Å²) in [5.74, 6) is 0.437. The Morgan fingerprint density at radius 3 is 3.00 bits per heavy atom. The van der Waals surface area contributed by atoms with Crippen molar-refractivity contribution in [2.75, 3.05) is 13.2 Å². The van der Waals surface area contributed by atoms with Gasteiger partial charge in [-0.25, -0.2) is 9.78 Å². The second-order valence-corrected chi connectivity index (χ2v) is 7.26. The van der Waals surface area contributed by atoms with E-state index in [4.69, 9.17) is 25.8 Å². The largest absolute Gasteiger partial charge is 0.486 e. The molecule has 128 valence electrons. The van der Waals surface area contributed by atoms with E-state index in [1.54, 1.807) is 17.4 Å². The summed E-state index contributed by atoms with van der Waals surface area (Å²) >= 11 is 9.29. The molecule has 4 rings (SSSR count). The van der Waals surface area contributed by atoms with Gasteiger partial charge in [0.2, 0.25) is 0 Å². The molecule has 0 saturated heterocycles. The maximum absolute atomic E-state index is 12.3. The SMILES string of the molecule is O=C(OCc1csc(-c2ccsc2)n1)c1cc(Cl)c2c(c1)OCCO2. The lowest BCUT2D eigenvalue weighted by atomic mass is 10.2. The van der Waals surface area contributed by atoms with Gasteiger partial charge in [0.1, 0.15) is 24.8 Å². The summed E-state index contributed by atoms with van der Waals surface area (Å²) in [5.41, 5.74) is 2.11. The van der Waals surface area contributed by atoms with Crippen LogP contribution in [0.25, 0.3) is 10.6 Å². The average Bonchev–Trinajstić information content (AvgIpc) is 3.31. The van der Waals surface area contributed by atoms with E-state index in [0.29, 0.717) is 41.0 Å². The first kappa shape index (κ1) is 16.4. The second kappa shape index (κ2) is 7.03. The van der Waals surface area contributed by atoms with Crippen LogP contribution in [0.3, 0.4) is 0 Å². The molecular weight excluding hydrogens is 382 g/mol. The lowest BCUT2D eigenvalue weighted by Gasteiger charge is -2.19. The molecule has 0 radical (unpaired) electrons. The monoisotopic (exact) mass is 393 g/mol. The maximum atomic E-state index is 12.3. The summed E-state index contributed by atoms with van der Waals surface area (Å²) in [6.45, 7) is 0.963. The highest BCUT2D eigenvalue weighted by molar-refractivity contribution is 7.14. The number of ether oxygens (including phenoxy) is 3. The Balaban J connectivity index is 1.45. The predicted molar refractivity (Wildman–Crippen MR) is 97.0 cm³/mol. The molecule has 3 heterocycles. The third kappa shape index (κ3) is 3.49. The first-order chi connectivity index (χ1) is 12.2. The van der Waals surface area contributed by atoms with Gasteiger partial charge in [-0.2, -0.15) is 11.3 Å². The number of halogens is 1. The summed E-state index contributed by atoms with van der Waals surface area (Å²) in [6, 6.07) is 5.12. The number of hydrogen-bond acceptors (Lipinski definition) is 7. The van der Waals surface area contributed by atoms with E-state index in [9.17, 15) is 4.79 Å². The third-order valence-electron chi connectivity index (χ3n) is 3.50. The molecule has 8 heteroatoms. The van der Waals surface area contributed by atoms with Crippen LogP contribution in [-0.2, 0) is 11.3 Å². The topological polar surface area (TPSA) is 57.7 Å². The van der Waals surface area contributed by atoms with Crippen molar-refractivity contribution in [3.8, 4) is 22.1 Å². The van der Waals surface area contributed by atoms with Crippen molar-refractivity contribution in [3.05, 3.63) is 50.6 Å². The van der Waals surface area contributed by atoms with Crippen LogP contribution in [-0.4, -0.2) is 24.2 Å². The van der Waals surface area contributed by atoms with Gasteiger partial charge in [0, 0.05) is 16.3 Å². The Kier molecular flexibility index (Phi) is 4.61. The number of esters is 1. The Hall–Kier alpha value is -2.09. The molecular formula is C17H12ClNO4S2. The normalized spacial score (nSPS) is 12.8. The van der Waals surface area contributed by atoms with Gasteiger partial charge in [-0.05, 0) is 23.6 Å². The average molecular weight is 394 g/mol. The van der Waals surface area contributed by atoms with Gasteiger partial charge < -0.3 is 14.2 Å². The van der Waals surface area contributed by atoms with Crippen molar-refractivity contribution >= 4 is 40.2 Å². The maximum Gasteiger partial charge on any atom is 0.338 e. The summed E-state index contributed by atoms with van der Waals surface area (Å²) in [7, 11) is 0. The van der Waals surface area contributed by atoms with Gasteiger partial charge >= 0.3 is 5.97 Å². The summed E-state index contributed by atoms with van der Waals surface area (Å²) in [6.07, 6.45) is 0. The van der Waals surface area contributed by atoms with Crippen molar-refractivity contribution in [2.45, 2.75) is 6.61 Å². The number of carbonyl (C=O) groups excluding carboxylic acids is 1. The number of benzene rings is 1. The van der Waals surface area contributed by atoms with Crippen LogP contribution < -0.4 is 9.47 Å². The summed E-state index contributed by atoms with van der Waals surface area (Å²) < 4.78 is 16.3. The zero-order chi connectivity index (χ0) is 17.2. The molecule has 0 aliphatic carbocycles. The van der Waals surface area contributed by atoms with Crippen molar-refractivity contribution in [1.29, 1.82) is 0 Å². The molecule has 1 aliphatic rings. The molecule has 3 aromatic rings. The van der Waals surface area contributed by atoms with Gasteiger partial charge in [-0.3, -0.25) is 0 Å². The molecule has 2 aromatic heterocycles. The van der Waals surface area contributed by atoms with Crippen LogP contribution in [0.2, 0.25) is 5.02 Å². The fraction of sp³-hybridized carbons (Fsp3) is 0.176. The number of nitrogens with zero attached hydrogens (tertiary/aromatic N) is 1. The zero-order valence-electron chi connectivity index (χ0n) is 12.9. The molecule has 0 saturated carbocycles. The fourth-order valence-corrected chi connectivity index (χ4v) is 4.13. The van der Waals surface area contributed by atoms with E-state index in [1.807, 2.05) is 22.2 Å². The third-order valence-corrected chi connectivity index (χ3v) is 5.41. The van der Waals surface area contributed by atoms with Crippen LogP contribution in [0.1, 0.15) is 16.1 Å². The Morgan fingerprint density at radius 2 is 2.16 bits per heavy atom. The lowest BCUT2D eigenvalue weighted by molar-refractivity contribution is 0.0467. The van der Waals surface area contributed by atoms with Crippen LogP contribution >= 0.6 is 34.3 Å². The molecule has 5 nitrogen and oxygen atoms in total. The molecule has 1 aliphatic heterocycles. The van der Waals surface area contributed by atoms with Crippen LogP contribution in [0.15, 0.2) is 34.3 Å². The first-order valence-electron chi connectivity index (χ1n) is 7.44. The van der Waals surface area contributed by atoms with Crippen molar-refractivity contribution in [2.24, 2.45) is 0 Å². The molecule has 0 fully saturated rings. The number of rotatable bonds is 4. The minimum Gasteiger partial charge on any atom is -0.486 e. The number of hydrogen-bond donors (Lipinski definition) is 0. The van der Waals surface area contributed by atoms with E-state index < -0.39 is 5.97 Å². The fourth-order valence-electron chi connectivity index (χ4n) is 2.34. The number of fused-ring (bicyclic) bond motifs is 1. The standard InChI is InChI=1S/C17H12ClNO4S2/c18-13-5-11(6-14-15(13)22-3-2-21-14)17(20)23-7-12-9-25-16(19-12)10-1-4-24-8-10/h1,4-6,8-9H,2-3,7H2. The lowest BCUT2D eigenvalue weighted by Crippen LogP contribution is -2.16. The molecule has 25 heavy (non-hydrogen) atoms. The molecule has 1 aromatic carbocycles. The predicted octanol–water partition coefficient (Wildman–Crippen LogP) is 4.65. The summed E-state index contributed by atoms with van der Waals surface area (Å²) in [4.78, 5) is 16.8. The Labute approximate surface area is 156 Å². The first-order valence-corrected chi connectivity index (χ1v) is 9.64. The van der Waals surface area contributed by atoms with Gasteiger partial charge in [0.05, 0.1) is 16.3 Å². The zero-order valence-corrected chi connectivity index (χ0v) is 15.2. The van der Waals surface area contributed by atoms with Crippen LogP contribution in [0.4, 0.5) is 0 Å². The molecule has 0 N–H and O–H groups in total. The Morgan fingerprint density at radius 1 is 1.28 bits per heavy atom. The summed E-state index contributed by atoms with van der Waals surface area (Å²) in [5, 5.41) is 7.16. The molecule has 0 amide bonds. The second-order valence-electron chi connectivity index (χ2n) is 5.21. The number of thiazole rings is 1. The number of thiophene rings is 1. The number of aromatic nitrogens is 1. The number of carbonyl (C=O) groups is 1. The van der Waals surface area contributed by atoms with Gasteiger partial charge in [0.25, 0.3) is 0 Å². The van der Waals surface area contributed by atoms with E-state index in [2.05, 4.69) is 4.98 Å². The molecule has 0 atom stereocenters. The van der Waals surface area contributed by atoms with E-state index >= 15 is 0 Å². The highest BCUT2D eigenvalue weighted by Gasteiger charge is 2.20. The smallest absolute Gasteiger partial charge is 0.338 e. The van der Waals surface area contributed by atoms with Crippen LogP contribution in [0, 0.1) is 0 Å². The van der Waals surface area contributed by atoms with E-state index in [0.717, 1.165) is 10.6 Å². The van der Waals surface area contributed by atoms with Gasteiger partial charge in [0.15, 0.2) is 11.5 Å². The van der Waals surface area contributed by atoms with Gasteiger partial charge in [-0.15, -0.1) is 11.3 Å². The molecule has 0 spiro atoms. The minimum absolute atomic E-state index is 0.103. The minimum atomic E-state index is -0.482. The highest BCUT2D eigenvalue weighted by Crippen LogP contribution is 2.38. The van der Waals surface area contributed by atoms with E-state index in [1.165, 1.54) is 17.4 Å². The molecule has 0 unspecified atom stereocenters. The molecule has 0 bridgehead atoms. The van der Waals surface area contributed by atoms with Crippen molar-refractivity contribution < 1.29 is 19.0 Å². The quantitative estimate of drug-likeness (QED) is 0.604. The van der Waals surface area contributed by atoms with Crippen LogP contribution in [0.5, 0.6) is 11.5 Å². The van der Waals surface area contributed by atoms with Crippen molar-refractivity contribution in [3.63, 3.8) is 0 Å².